The molecule has 1 aromatic heterocycles. The van der Waals surface area contributed by atoms with E-state index in [0.717, 1.165) is 25.7 Å². The van der Waals surface area contributed by atoms with Crippen LogP contribution in [-0.4, -0.2) is 26.0 Å². The van der Waals surface area contributed by atoms with Gasteiger partial charge in [0, 0.05) is 17.9 Å². The SMILES string of the molecule is Cn1c(=O)n2n(c1=O)[C@@H]1C=C[C@H]2[C@]23CC[C@]12[C@H]1CC[C@@H]3N=N1. The minimum absolute atomic E-state index is 0.00863. The molecular weight excluding hydrogens is 282 g/mol. The third-order valence-corrected chi connectivity index (χ3v) is 7.32. The molecule has 0 aromatic carbocycles. The van der Waals surface area contributed by atoms with Gasteiger partial charge in [0.25, 0.3) is 0 Å². The molecule has 5 heterocycles. The molecule has 0 saturated heterocycles. The number of azo groups is 1. The van der Waals surface area contributed by atoms with Crippen LogP contribution in [0.2, 0.25) is 0 Å². The van der Waals surface area contributed by atoms with Crippen molar-refractivity contribution in [1.29, 1.82) is 0 Å². The molecule has 2 fully saturated rings. The summed E-state index contributed by atoms with van der Waals surface area (Å²) in [6, 6.07) is 0.332. The molecule has 1 aromatic rings. The van der Waals surface area contributed by atoms with Gasteiger partial charge in [0.2, 0.25) is 0 Å². The zero-order valence-corrected chi connectivity index (χ0v) is 12.3. The maximum Gasteiger partial charge on any atom is 0.347 e. The lowest BCUT2D eigenvalue weighted by atomic mass is 9.34. The third-order valence-electron chi connectivity index (χ3n) is 7.32. The first-order valence-electron chi connectivity index (χ1n) is 8.11. The Kier molecular flexibility index (Phi) is 1.62. The summed E-state index contributed by atoms with van der Waals surface area (Å²) in [4.78, 5) is 25.2. The van der Waals surface area contributed by atoms with E-state index in [4.69, 9.17) is 0 Å². The first-order valence-corrected chi connectivity index (χ1v) is 8.11. The van der Waals surface area contributed by atoms with Crippen molar-refractivity contribution in [2.45, 2.75) is 49.9 Å². The van der Waals surface area contributed by atoms with Crippen molar-refractivity contribution in [2.24, 2.45) is 28.1 Å². The van der Waals surface area contributed by atoms with Crippen molar-refractivity contribution < 1.29 is 0 Å². The average Bonchev–Trinajstić information content (AvgIpc) is 2.75. The van der Waals surface area contributed by atoms with Crippen LogP contribution >= 0.6 is 0 Å². The highest BCUT2D eigenvalue weighted by atomic mass is 16.2. The zero-order valence-electron chi connectivity index (χ0n) is 12.3. The molecule has 2 saturated carbocycles. The smallest absolute Gasteiger partial charge is 0.246 e. The molecule has 22 heavy (non-hydrogen) atoms. The van der Waals surface area contributed by atoms with Gasteiger partial charge in [0.15, 0.2) is 0 Å². The number of nitrogens with zero attached hydrogens (tertiary/aromatic N) is 5. The van der Waals surface area contributed by atoms with Crippen molar-refractivity contribution in [3.05, 3.63) is 33.1 Å². The predicted molar refractivity (Wildman–Crippen MR) is 76.9 cm³/mol. The quantitative estimate of drug-likeness (QED) is 0.664. The summed E-state index contributed by atoms with van der Waals surface area (Å²) in [5, 5.41) is 9.16. The van der Waals surface area contributed by atoms with E-state index in [1.165, 1.54) is 4.57 Å². The Bertz CT molecular complexity index is 835. The Balaban J connectivity index is 1.76. The van der Waals surface area contributed by atoms with Gasteiger partial charge in [0.05, 0.1) is 24.2 Å². The molecule has 0 amide bonds. The molecule has 0 radical (unpaired) electrons. The van der Waals surface area contributed by atoms with Crippen molar-refractivity contribution in [3.8, 4) is 0 Å². The van der Waals surface area contributed by atoms with Gasteiger partial charge >= 0.3 is 11.4 Å². The second-order valence-corrected chi connectivity index (χ2v) is 7.51. The molecular formula is C15H17N5O2. The molecule has 0 unspecified atom stereocenters. The van der Waals surface area contributed by atoms with Crippen LogP contribution in [0.1, 0.15) is 37.8 Å². The van der Waals surface area contributed by atoms with E-state index in [1.807, 2.05) is 0 Å². The highest BCUT2D eigenvalue weighted by Gasteiger charge is 2.78. The summed E-state index contributed by atoms with van der Waals surface area (Å²) in [5.74, 6) is 0. The van der Waals surface area contributed by atoms with Crippen molar-refractivity contribution in [1.82, 2.24) is 13.9 Å². The van der Waals surface area contributed by atoms with Gasteiger partial charge in [0.1, 0.15) is 0 Å². The minimum Gasteiger partial charge on any atom is -0.246 e. The highest BCUT2D eigenvalue weighted by Crippen LogP contribution is 2.78. The number of aromatic nitrogens is 3. The van der Waals surface area contributed by atoms with Crippen LogP contribution < -0.4 is 11.4 Å². The topological polar surface area (TPSA) is 73.7 Å². The lowest BCUT2D eigenvalue weighted by Gasteiger charge is -2.75. The number of hydrogen-bond donors (Lipinski definition) is 0. The van der Waals surface area contributed by atoms with Crippen LogP contribution in [0, 0.1) is 10.8 Å². The van der Waals surface area contributed by atoms with Crippen molar-refractivity contribution >= 4 is 0 Å². The molecule has 7 heteroatoms. The molecule has 4 aliphatic heterocycles. The van der Waals surface area contributed by atoms with Gasteiger partial charge in [-0.3, -0.25) is 0 Å². The molecule has 6 atom stereocenters. The van der Waals surface area contributed by atoms with Crippen molar-refractivity contribution in [2.75, 3.05) is 0 Å². The molecule has 4 bridgehead atoms. The van der Waals surface area contributed by atoms with E-state index in [-0.39, 0.29) is 46.4 Å². The second-order valence-electron chi connectivity index (χ2n) is 7.51. The van der Waals surface area contributed by atoms with Crippen LogP contribution in [0.5, 0.6) is 0 Å². The molecule has 0 N–H and O–H groups in total. The first-order chi connectivity index (χ1) is 10.6. The summed E-state index contributed by atoms with van der Waals surface area (Å²) >= 11 is 0. The van der Waals surface area contributed by atoms with Crippen LogP contribution in [0.15, 0.2) is 32.0 Å². The first kappa shape index (κ1) is 11.6. The molecule has 8 rings (SSSR count). The van der Waals surface area contributed by atoms with E-state index in [0.29, 0.717) is 0 Å². The van der Waals surface area contributed by atoms with Gasteiger partial charge in [-0.25, -0.2) is 23.5 Å². The van der Waals surface area contributed by atoms with E-state index >= 15 is 0 Å². The van der Waals surface area contributed by atoms with Gasteiger partial charge in [-0.05, 0) is 25.7 Å². The van der Waals surface area contributed by atoms with E-state index in [1.54, 1.807) is 16.4 Å². The monoisotopic (exact) mass is 299 g/mol. The van der Waals surface area contributed by atoms with Gasteiger partial charge < -0.3 is 0 Å². The predicted octanol–water partition coefficient (Wildman–Crippen LogP) is 0.777. The maximum atomic E-state index is 12.6. The van der Waals surface area contributed by atoms with E-state index in [9.17, 15) is 9.59 Å². The maximum absolute atomic E-state index is 12.6. The molecule has 0 spiro atoms. The van der Waals surface area contributed by atoms with Crippen LogP contribution in [0.3, 0.4) is 0 Å². The van der Waals surface area contributed by atoms with E-state index < -0.39 is 0 Å². The van der Waals surface area contributed by atoms with Crippen LogP contribution in [0.4, 0.5) is 0 Å². The van der Waals surface area contributed by atoms with Gasteiger partial charge in [-0.15, -0.1) is 0 Å². The van der Waals surface area contributed by atoms with Gasteiger partial charge in [-0.1, -0.05) is 12.2 Å². The average molecular weight is 299 g/mol. The summed E-state index contributed by atoms with van der Waals surface area (Å²) in [6.07, 6.45) is 8.62. The van der Waals surface area contributed by atoms with Gasteiger partial charge in [-0.2, -0.15) is 10.2 Å². The Morgan fingerprint density at radius 1 is 0.955 bits per heavy atom. The molecule has 7 aliphatic rings. The Morgan fingerprint density at radius 3 is 1.77 bits per heavy atom. The highest BCUT2D eigenvalue weighted by molar-refractivity contribution is 5.36. The van der Waals surface area contributed by atoms with Crippen LogP contribution in [0.25, 0.3) is 0 Å². The lowest BCUT2D eigenvalue weighted by molar-refractivity contribution is -0.234. The number of rotatable bonds is 0. The summed E-state index contributed by atoms with van der Waals surface area (Å²) < 4.78 is 4.66. The van der Waals surface area contributed by atoms with E-state index in [2.05, 4.69) is 22.4 Å². The second kappa shape index (κ2) is 3.07. The molecule has 3 aliphatic carbocycles. The van der Waals surface area contributed by atoms with Crippen molar-refractivity contribution in [3.63, 3.8) is 0 Å². The summed E-state index contributed by atoms with van der Waals surface area (Å²) in [6.45, 7) is 0. The number of allylic oxidation sites excluding steroid dienone is 2. The standard InChI is InChI=1S/C15H17N5O2/c1-18-12(21)19-10-4-5-11(20(19)13(18)22)15-7-6-14(10,15)8-2-3-9(15)17-16-8/h4-5,8-11H,2-3,6-7H2,1H3/t8-,9+,10-,11+,14+,15-. The number of fused-ring (bicyclic) bond motifs is 1. The minimum atomic E-state index is -0.197. The molecule has 114 valence electrons. The largest absolute Gasteiger partial charge is 0.347 e. The lowest BCUT2D eigenvalue weighted by Crippen LogP contribution is -2.76. The Labute approximate surface area is 125 Å². The fourth-order valence-corrected chi connectivity index (χ4v) is 6.44. The zero-order chi connectivity index (χ0) is 14.9. The normalized spacial score (nSPS) is 48.8. The summed E-state index contributed by atoms with van der Waals surface area (Å²) in [7, 11) is 1.58. The third kappa shape index (κ3) is 0.802. The van der Waals surface area contributed by atoms with Crippen LogP contribution in [-0.2, 0) is 7.05 Å². The Hall–Kier alpha value is -1.92. The fourth-order valence-electron chi connectivity index (χ4n) is 6.44. The fraction of sp³-hybridized carbons (Fsp3) is 0.733. The molecule has 7 nitrogen and oxygen atoms in total. The Morgan fingerprint density at radius 2 is 1.41 bits per heavy atom. The number of hydrogen-bond acceptors (Lipinski definition) is 4. The summed E-state index contributed by atoms with van der Waals surface area (Å²) in [5.41, 5.74) is -0.376.